The van der Waals surface area contributed by atoms with Crippen molar-refractivity contribution in [3.63, 3.8) is 0 Å². The molecule has 7 heteroatoms. The topological polar surface area (TPSA) is 88.1 Å². The molecule has 0 radical (unpaired) electrons. The second-order valence-corrected chi connectivity index (χ2v) is 10.3. The Hall–Kier alpha value is -3.45. The van der Waals surface area contributed by atoms with Crippen molar-refractivity contribution in [3.05, 3.63) is 88.0 Å². The van der Waals surface area contributed by atoms with Gasteiger partial charge in [-0.05, 0) is 68.0 Å². The van der Waals surface area contributed by atoms with E-state index < -0.39 is 0 Å². The number of benzene rings is 2. The maximum Gasteiger partial charge on any atom is 0.297 e. The lowest BCUT2D eigenvalue weighted by Gasteiger charge is -2.27. The predicted octanol–water partition coefficient (Wildman–Crippen LogP) is 4.47. The van der Waals surface area contributed by atoms with Crippen LogP contribution in [0.15, 0.2) is 65.7 Å². The summed E-state index contributed by atoms with van der Waals surface area (Å²) in [4.78, 5) is 30.6. The van der Waals surface area contributed by atoms with E-state index in [1.807, 2.05) is 31.2 Å². The molecule has 2 aromatic carbocycles. The van der Waals surface area contributed by atoms with Crippen molar-refractivity contribution in [2.24, 2.45) is 11.8 Å². The Bertz CT molecular complexity index is 1230. The number of anilines is 1. The summed E-state index contributed by atoms with van der Waals surface area (Å²) in [5.74, 6) is 0.950. The molecule has 1 heterocycles. The molecule has 0 saturated heterocycles. The van der Waals surface area contributed by atoms with E-state index in [9.17, 15) is 9.59 Å². The zero-order chi connectivity index (χ0) is 25.7. The van der Waals surface area contributed by atoms with Gasteiger partial charge in [0.1, 0.15) is 0 Å². The van der Waals surface area contributed by atoms with Crippen molar-refractivity contribution >= 4 is 11.7 Å². The number of amides is 1. The van der Waals surface area contributed by atoms with Crippen LogP contribution in [0.2, 0.25) is 0 Å². The maximum atomic E-state index is 13.6. The smallest absolute Gasteiger partial charge is 0.297 e. The van der Waals surface area contributed by atoms with Gasteiger partial charge in [-0.3, -0.25) is 14.2 Å². The second-order valence-electron chi connectivity index (χ2n) is 10.3. The number of carbonyl (C=O) groups excluding carboxylic acids is 1. The molecular weight excluding hydrogens is 450 g/mol. The average Bonchev–Trinajstić information content (AvgIpc) is 3.68. The summed E-state index contributed by atoms with van der Waals surface area (Å²) in [6.07, 6.45) is 5.34. The summed E-state index contributed by atoms with van der Waals surface area (Å²) in [6.45, 7) is 10.2. The van der Waals surface area contributed by atoms with Gasteiger partial charge >= 0.3 is 0 Å². The van der Waals surface area contributed by atoms with E-state index in [1.165, 1.54) is 0 Å². The van der Waals surface area contributed by atoms with Crippen LogP contribution in [0, 0.1) is 18.8 Å². The molecular formula is C29H37N5O2. The summed E-state index contributed by atoms with van der Waals surface area (Å²) < 4.78 is 1.57. The highest BCUT2D eigenvalue weighted by atomic mass is 16.2. The van der Waals surface area contributed by atoms with E-state index in [0.717, 1.165) is 37.1 Å². The predicted molar refractivity (Wildman–Crippen MR) is 145 cm³/mol. The van der Waals surface area contributed by atoms with Crippen LogP contribution in [0.3, 0.4) is 0 Å². The van der Waals surface area contributed by atoms with E-state index in [0.29, 0.717) is 17.2 Å². The molecule has 1 fully saturated rings. The van der Waals surface area contributed by atoms with Crippen LogP contribution in [0.4, 0.5) is 5.82 Å². The monoisotopic (exact) mass is 487 g/mol. The van der Waals surface area contributed by atoms with E-state index >= 15 is 0 Å². The van der Waals surface area contributed by atoms with Crippen LogP contribution >= 0.6 is 0 Å². The lowest BCUT2D eigenvalue weighted by Crippen LogP contribution is -2.33. The molecule has 0 aliphatic heterocycles. The number of nitrogens with one attached hydrogen (secondary N) is 3. The van der Waals surface area contributed by atoms with Gasteiger partial charge in [-0.25, -0.2) is 4.98 Å². The molecule has 3 N–H and O–H groups in total. The third-order valence-corrected chi connectivity index (χ3v) is 6.52. The highest BCUT2D eigenvalue weighted by molar-refractivity contribution is 5.95. The SMILES string of the molecule is Cc1ccc(C(=O)NC2CC2)cc1-n1ccnc(N[C@@H](c2ccccc2)[C@H](C)CNCC(C)C)c1=O. The molecule has 0 bridgehead atoms. The lowest BCUT2D eigenvalue weighted by molar-refractivity contribution is 0.0951. The minimum Gasteiger partial charge on any atom is -0.358 e. The first kappa shape index (κ1) is 25.6. The average molecular weight is 488 g/mol. The van der Waals surface area contributed by atoms with Crippen molar-refractivity contribution in [2.45, 2.75) is 52.6 Å². The summed E-state index contributed by atoms with van der Waals surface area (Å²) in [6, 6.07) is 15.8. The molecule has 36 heavy (non-hydrogen) atoms. The zero-order valence-corrected chi connectivity index (χ0v) is 21.6. The van der Waals surface area contributed by atoms with Crippen molar-refractivity contribution in [1.82, 2.24) is 20.2 Å². The molecule has 2 atom stereocenters. The molecule has 3 aromatic rings. The molecule has 4 rings (SSSR count). The van der Waals surface area contributed by atoms with E-state index in [4.69, 9.17) is 0 Å². The van der Waals surface area contributed by atoms with Crippen molar-refractivity contribution in [3.8, 4) is 5.69 Å². The molecule has 1 saturated carbocycles. The van der Waals surface area contributed by atoms with Gasteiger partial charge in [0.15, 0.2) is 5.82 Å². The molecule has 7 nitrogen and oxygen atoms in total. The molecule has 1 amide bonds. The summed E-state index contributed by atoms with van der Waals surface area (Å²) in [5, 5.41) is 9.99. The van der Waals surface area contributed by atoms with Crippen molar-refractivity contribution < 1.29 is 4.79 Å². The molecule has 0 spiro atoms. The fourth-order valence-electron chi connectivity index (χ4n) is 4.29. The van der Waals surface area contributed by atoms with Crippen LogP contribution in [-0.2, 0) is 0 Å². The molecule has 1 aliphatic carbocycles. The fourth-order valence-corrected chi connectivity index (χ4v) is 4.29. The Morgan fingerprint density at radius 1 is 1.08 bits per heavy atom. The van der Waals surface area contributed by atoms with Crippen LogP contribution < -0.4 is 21.5 Å². The number of hydrogen-bond donors (Lipinski definition) is 3. The summed E-state index contributed by atoms with van der Waals surface area (Å²) in [7, 11) is 0. The van der Waals surface area contributed by atoms with Gasteiger partial charge in [0.05, 0.1) is 11.7 Å². The second kappa shape index (κ2) is 11.5. The Morgan fingerprint density at radius 3 is 2.53 bits per heavy atom. The zero-order valence-electron chi connectivity index (χ0n) is 21.6. The summed E-state index contributed by atoms with van der Waals surface area (Å²) >= 11 is 0. The van der Waals surface area contributed by atoms with Crippen LogP contribution in [0.1, 0.15) is 61.1 Å². The lowest BCUT2D eigenvalue weighted by atomic mass is 9.94. The quantitative estimate of drug-likeness (QED) is 0.371. The highest BCUT2D eigenvalue weighted by Gasteiger charge is 2.25. The maximum absolute atomic E-state index is 13.6. The fraction of sp³-hybridized carbons (Fsp3) is 0.414. The number of carbonyl (C=O) groups is 1. The Morgan fingerprint density at radius 2 is 1.83 bits per heavy atom. The molecule has 1 aliphatic rings. The van der Waals surface area contributed by atoms with Crippen molar-refractivity contribution in [1.29, 1.82) is 0 Å². The molecule has 1 aromatic heterocycles. The van der Waals surface area contributed by atoms with Gasteiger partial charge in [0.25, 0.3) is 11.5 Å². The number of aromatic nitrogens is 2. The molecule has 190 valence electrons. The van der Waals surface area contributed by atoms with Gasteiger partial charge < -0.3 is 16.0 Å². The normalized spacial score (nSPS) is 14.9. The minimum absolute atomic E-state index is 0.0985. The van der Waals surface area contributed by atoms with Crippen LogP contribution in [0.25, 0.3) is 5.69 Å². The Balaban J connectivity index is 1.62. The van der Waals surface area contributed by atoms with Gasteiger partial charge in [-0.15, -0.1) is 0 Å². The van der Waals surface area contributed by atoms with Crippen LogP contribution in [0.5, 0.6) is 0 Å². The minimum atomic E-state index is -0.247. The first-order chi connectivity index (χ1) is 17.3. The third kappa shape index (κ3) is 6.40. The number of hydrogen-bond acceptors (Lipinski definition) is 5. The van der Waals surface area contributed by atoms with Gasteiger partial charge in [0.2, 0.25) is 0 Å². The first-order valence-corrected chi connectivity index (χ1v) is 12.8. The summed E-state index contributed by atoms with van der Waals surface area (Å²) in [5.41, 5.74) is 2.99. The standard InChI is InChI=1S/C29H37N5O2/c1-19(2)17-30-18-21(4)26(22-8-6-5-7-9-22)33-27-29(36)34(15-14-31-27)25-16-23(11-10-20(25)3)28(35)32-24-12-13-24/h5-11,14-16,19,21,24,26,30H,12-13,17-18H2,1-4H3,(H,31,33)(H,32,35)/t21-,26-/m1/s1. The van der Waals surface area contributed by atoms with E-state index in [1.54, 1.807) is 29.1 Å². The first-order valence-electron chi connectivity index (χ1n) is 12.8. The van der Waals surface area contributed by atoms with Gasteiger partial charge in [-0.2, -0.15) is 0 Å². The molecule has 0 unspecified atom stereocenters. The van der Waals surface area contributed by atoms with E-state index in [-0.39, 0.29) is 35.3 Å². The van der Waals surface area contributed by atoms with Gasteiger partial charge in [0, 0.05) is 24.0 Å². The van der Waals surface area contributed by atoms with Crippen molar-refractivity contribution in [2.75, 3.05) is 18.4 Å². The van der Waals surface area contributed by atoms with E-state index in [2.05, 4.69) is 53.8 Å². The van der Waals surface area contributed by atoms with Gasteiger partial charge in [-0.1, -0.05) is 57.2 Å². The number of rotatable bonds is 11. The number of nitrogens with zero attached hydrogens (tertiary/aromatic N) is 2. The largest absolute Gasteiger partial charge is 0.358 e. The Kier molecular flexibility index (Phi) is 8.21. The number of aryl methyl sites for hydroxylation is 1. The third-order valence-electron chi connectivity index (χ3n) is 6.52. The highest BCUT2D eigenvalue weighted by Crippen LogP contribution is 2.25. The Labute approximate surface area is 213 Å². The van der Waals surface area contributed by atoms with Crippen LogP contribution in [-0.4, -0.2) is 34.6 Å².